The molecule has 0 atom stereocenters. The van der Waals surface area contributed by atoms with Gasteiger partial charge in [0.15, 0.2) is 5.96 Å². The Morgan fingerprint density at radius 2 is 2.20 bits per heavy atom. The first-order chi connectivity index (χ1) is 9.54. The molecule has 1 aliphatic rings. The van der Waals surface area contributed by atoms with Crippen LogP contribution in [0.3, 0.4) is 0 Å². The first-order valence-electron chi connectivity index (χ1n) is 7.01. The Morgan fingerprint density at radius 1 is 1.45 bits per heavy atom. The molecule has 1 saturated carbocycles. The van der Waals surface area contributed by atoms with E-state index in [-0.39, 0.29) is 18.4 Å². The second-order valence-corrected chi connectivity index (χ2v) is 5.45. The average Bonchev–Trinajstić information content (AvgIpc) is 3.20. The van der Waals surface area contributed by atoms with Gasteiger partial charge in [-0.3, -0.25) is 4.79 Å². The van der Waals surface area contributed by atoms with Gasteiger partial charge in [0.2, 0.25) is 5.91 Å². The zero-order chi connectivity index (χ0) is 14.5. The molecule has 20 heavy (non-hydrogen) atoms. The Hall–Kier alpha value is -2.04. The van der Waals surface area contributed by atoms with Crippen LogP contribution < -0.4 is 16.4 Å². The van der Waals surface area contributed by atoms with Crippen LogP contribution in [0.2, 0.25) is 0 Å². The number of hydrogen-bond donors (Lipinski definition) is 3. The largest absolute Gasteiger partial charge is 0.370 e. The molecule has 4 N–H and O–H groups in total. The van der Waals surface area contributed by atoms with Crippen LogP contribution in [0, 0.1) is 0 Å². The van der Waals surface area contributed by atoms with Gasteiger partial charge in [0, 0.05) is 11.7 Å². The Kier molecular flexibility index (Phi) is 4.61. The average molecular weight is 274 g/mol. The number of carbonyl (C=O) groups excluding carboxylic acids is 1. The number of guanidine groups is 1. The molecule has 5 heteroatoms. The highest BCUT2D eigenvalue weighted by molar-refractivity contribution is 5.94. The minimum Gasteiger partial charge on any atom is -0.370 e. The maximum atomic E-state index is 11.5. The highest BCUT2D eigenvalue weighted by Gasteiger charge is 2.22. The van der Waals surface area contributed by atoms with Gasteiger partial charge in [-0.25, -0.2) is 4.99 Å². The number of carbonyl (C=O) groups is 1. The Bertz CT molecular complexity index is 506. The maximum absolute atomic E-state index is 11.5. The van der Waals surface area contributed by atoms with Crippen molar-refractivity contribution in [3.05, 3.63) is 29.8 Å². The van der Waals surface area contributed by atoms with E-state index >= 15 is 0 Å². The minimum absolute atomic E-state index is 0.0687. The zero-order valence-corrected chi connectivity index (χ0v) is 12.0. The number of amides is 1. The number of nitrogens with zero attached hydrogens (tertiary/aromatic N) is 1. The maximum Gasteiger partial charge on any atom is 0.242 e. The molecule has 1 aliphatic carbocycles. The first-order valence-corrected chi connectivity index (χ1v) is 7.01. The lowest BCUT2D eigenvalue weighted by Gasteiger charge is -2.10. The Labute approximate surface area is 119 Å². The molecule has 1 aromatic rings. The van der Waals surface area contributed by atoms with Gasteiger partial charge >= 0.3 is 0 Å². The molecule has 0 radical (unpaired) electrons. The van der Waals surface area contributed by atoms with E-state index in [2.05, 4.69) is 35.5 Å². The lowest BCUT2D eigenvalue weighted by Crippen LogP contribution is -2.30. The summed E-state index contributed by atoms with van der Waals surface area (Å²) in [5, 5.41) is 5.88. The van der Waals surface area contributed by atoms with Crippen molar-refractivity contribution in [3.63, 3.8) is 0 Å². The molecular weight excluding hydrogens is 252 g/mol. The van der Waals surface area contributed by atoms with E-state index in [1.807, 2.05) is 18.2 Å². The first kappa shape index (κ1) is 14.4. The third-order valence-electron chi connectivity index (χ3n) is 3.16. The van der Waals surface area contributed by atoms with E-state index in [1.54, 1.807) is 0 Å². The van der Waals surface area contributed by atoms with Crippen LogP contribution in [0.4, 0.5) is 5.69 Å². The Balaban J connectivity index is 1.87. The van der Waals surface area contributed by atoms with Gasteiger partial charge in [-0.05, 0) is 36.5 Å². The lowest BCUT2D eigenvalue weighted by molar-refractivity contribution is -0.119. The van der Waals surface area contributed by atoms with E-state index in [4.69, 9.17) is 5.73 Å². The van der Waals surface area contributed by atoms with Crippen LogP contribution in [0.25, 0.3) is 0 Å². The van der Waals surface area contributed by atoms with E-state index in [1.165, 1.54) is 5.56 Å². The summed E-state index contributed by atoms with van der Waals surface area (Å²) in [7, 11) is 0. The number of hydrogen-bond acceptors (Lipinski definition) is 2. The second-order valence-electron chi connectivity index (χ2n) is 5.45. The van der Waals surface area contributed by atoms with Crippen molar-refractivity contribution >= 4 is 17.6 Å². The SMILES string of the molecule is CC(C)c1cccc(NC(N)=NCC(=O)NC2CC2)c1. The van der Waals surface area contributed by atoms with Crippen molar-refractivity contribution < 1.29 is 4.79 Å². The molecule has 0 unspecified atom stereocenters. The quantitative estimate of drug-likeness (QED) is 0.566. The van der Waals surface area contributed by atoms with Gasteiger partial charge < -0.3 is 16.4 Å². The predicted octanol–water partition coefficient (Wildman–Crippen LogP) is 1.82. The Morgan fingerprint density at radius 3 is 2.85 bits per heavy atom. The highest BCUT2D eigenvalue weighted by Crippen LogP contribution is 2.19. The topological polar surface area (TPSA) is 79.5 Å². The molecule has 1 fully saturated rings. The number of nitrogens with one attached hydrogen (secondary N) is 2. The van der Waals surface area contributed by atoms with Crippen LogP contribution in [0.5, 0.6) is 0 Å². The van der Waals surface area contributed by atoms with Crippen LogP contribution in [0.1, 0.15) is 38.2 Å². The van der Waals surface area contributed by atoms with Crippen LogP contribution >= 0.6 is 0 Å². The van der Waals surface area contributed by atoms with Gasteiger partial charge in [-0.15, -0.1) is 0 Å². The molecule has 2 rings (SSSR count). The molecule has 108 valence electrons. The molecule has 0 bridgehead atoms. The van der Waals surface area contributed by atoms with Crippen molar-refractivity contribution in [2.24, 2.45) is 10.7 Å². The van der Waals surface area contributed by atoms with Gasteiger partial charge in [-0.1, -0.05) is 26.0 Å². The molecule has 0 aliphatic heterocycles. The van der Waals surface area contributed by atoms with Crippen molar-refractivity contribution in [3.8, 4) is 0 Å². The minimum atomic E-state index is -0.0758. The predicted molar refractivity (Wildman–Crippen MR) is 81.8 cm³/mol. The number of nitrogens with two attached hydrogens (primary N) is 1. The van der Waals surface area contributed by atoms with Crippen molar-refractivity contribution in [1.29, 1.82) is 0 Å². The normalized spacial score (nSPS) is 15.2. The highest BCUT2D eigenvalue weighted by atomic mass is 16.2. The number of rotatable bonds is 5. The van der Waals surface area contributed by atoms with Crippen LogP contribution in [-0.2, 0) is 4.79 Å². The molecular formula is C15H22N4O. The number of benzene rings is 1. The third kappa shape index (κ3) is 4.57. The second kappa shape index (κ2) is 6.41. The van der Waals surface area contributed by atoms with Crippen LogP contribution in [0.15, 0.2) is 29.3 Å². The van der Waals surface area contributed by atoms with Crippen molar-refractivity contribution in [2.45, 2.75) is 38.6 Å². The molecule has 0 heterocycles. The molecule has 0 spiro atoms. The van der Waals surface area contributed by atoms with Crippen LogP contribution in [-0.4, -0.2) is 24.5 Å². The van der Waals surface area contributed by atoms with Crippen molar-refractivity contribution in [1.82, 2.24) is 5.32 Å². The molecule has 0 saturated heterocycles. The summed E-state index contributed by atoms with van der Waals surface area (Å²) in [6, 6.07) is 8.38. The van der Waals surface area contributed by atoms with Gasteiger partial charge in [0.05, 0.1) is 0 Å². The molecule has 0 aromatic heterocycles. The summed E-state index contributed by atoms with van der Waals surface area (Å²) < 4.78 is 0. The number of anilines is 1. The molecule has 1 amide bonds. The summed E-state index contributed by atoms with van der Waals surface area (Å²) >= 11 is 0. The van der Waals surface area contributed by atoms with E-state index in [0.29, 0.717) is 12.0 Å². The van der Waals surface area contributed by atoms with Gasteiger partial charge in [0.25, 0.3) is 0 Å². The molecule has 5 nitrogen and oxygen atoms in total. The summed E-state index contributed by atoms with van der Waals surface area (Å²) in [6.45, 7) is 4.34. The standard InChI is InChI=1S/C15H22N4O/c1-10(2)11-4-3-5-13(8-11)19-15(16)17-9-14(20)18-12-6-7-12/h3-5,8,10,12H,6-7,9H2,1-2H3,(H,18,20)(H3,16,17,19). The van der Waals surface area contributed by atoms with E-state index in [0.717, 1.165) is 18.5 Å². The fourth-order valence-electron chi connectivity index (χ4n) is 1.82. The van der Waals surface area contributed by atoms with E-state index in [9.17, 15) is 4.79 Å². The lowest BCUT2D eigenvalue weighted by atomic mass is 10.0. The fourth-order valence-corrected chi connectivity index (χ4v) is 1.82. The number of aliphatic imine (C=N–C) groups is 1. The van der Waals surface area contributed by atoms with Gasteiger partial charge in [-0.2, -0.15) is 0 Å². The monoisotopic (exact) mass is 274 g/mol. The fraction of sp³-hybridized carbons (Fsp3) is 0.467. The zero-order valence-electron chi connectivity index (χ0n) is 12.0. The summed E-state index contributed by atoms with van der Waals surface area (Å²) in [4.78, 5) is 15.5. The molecule has 1 aromatic carbocycles. The smallest absolute Gasteiger partial charge is 0.242 e. The van der Waals surface area contributed by atoms with Crippen molar-refractivity contribution in [2.75, 3.05) is 11.9 Å². The summed E-state index contributed by atoms with van der Waals surface area (Å²) in [6.07, 6.45) is 2.15. The third-order valence-corrected chi connectivity index (χ3v) is 3.16. The summed E-state index contributed by atoms with van der Waals surface area (Å²) in [5.41, 5.74) is 7.91. The summed E-state index contributed by atoms with van der Waals surface area (Å²) in [5.74, 6) is 0.643. The van der Waals surface area contributed by atoms with Gasteiger partial charge in [0.1, 0.15) is 6.54 Å². The van der Waals surface area contributed by atoms with E-state index < -0.39 is 0 Å².